The molecule has 3 N–H and O–H groups in total. The number of fused-ring (bicyclic) bond motifs is 1. The number of benzene rings is 1. The lowest BCUT2D eigenvalue weighted by atomic mass is 10.1. The van der Waals surface area contributed by atoms with E-state index in [0.717, 1.165) is 5.56 Å². The van der Waals surface area contributed by atoms with Crippen LogP contribution in [0.3, 0.4) is 0 Å². The number of ether oxygens (including phenoxy) is 4. The molecule has 0 spiro atoms. The van der Waals surface area contributed by atoms with Crippen molar-refractivity contribution in [2.24, 2.45) is 5.73 Å². The fourth-order valence-corrected chi connectivity index (χ4v) is 3.02. The molecule has 0 bridgehead atoms. The van der Waals surface area contributed by atoms with Crippen molar-refractivity contribution in [1.29, 1.82) is 0 Å². The Labute approximate surface area is 174 Å². The van der Waals surface area contributed by atoms with E-state index < -0.39 is 30.4 Å². The summed E-state index contributed by atoms with van der Waals surface area (Å²) in [5.41, 5.74) is 6.57. The van der Waals surface area contributed by atoms with Gasteiger partial charge >= 0.3 is 18.0 Å². The van der Waals surface area contributed by atoms with Crippen LogP contribution in [0.2, 0.25) is 0 Å². The van der Waals surface area contributed by atoms with Crippen molar-refractivity contribution >= 4 is 18.0 Å². The molecule has 0 aromatic heterocycles. The standard InChI is InChI=1S/C20H28N2O8/c1-4-22(12(2)9-14-5-7-16-17(10-14)28-11-27-16)20(26)30-13(3)29-19(25)15(21)6-8-18(23)24/h5,7,10,12-13,15H,4,6,8-9,11,21H2,1-3H3,(H,23,24). The number of hydrogen-bond donors (Lipinski definition) is 2. The van der Waals surface area contributed by atoms with Crippen LogP contribution in [-0.2, 0) is 25.5 Å². The molecule has 1 aromatic rings. The summed E-state index contributed by atoms with van der Waals surface area (Å²) in [6, 6.07) is 4.32. The second kappa shape index (κ2) is 10.7. The van der Waals surface area contributed by atoms with Gasteiger partial charge in [0, 0.05) is 25.9 Å². The number of nitrogens with zero attached hydrogens (tertiary/aromatic N) is 1. The zero-order chi connectivity index (χ0) is 22.3. The Morgan fingerprint density at radius 1 is 1.20 bits per heavy atom. The highest BCUT2D eigenvalue weighted by atomic mass is 16.7. The maximum atomic E-state index is 12.5. The van der Waals surface area contributed by atoms with E-state index in [0.29, 0.717) is 24.5 Å². The highest BCUT2D eigenvalue weighted by Gasteiger charge is 2.25. The average Bonchev–Trinajstić information content (AvgIpc) is 3.14. The molecule has 3 unspecified atom stereocenters. The SMILES string of the molecule is CCN(C(=O)OC(C)OC(=O)C(N)CCC(=O)O)C(C)Cc1ccc2c(c1)OCO2. The molecule has 10 heteroatoms. The zero-order valence-corrected chi connectivity index (χ0v) is 17.3. The highest BCUT2D eigenvalue weighted by Crippen LogP contribution is 2.33. The summed E-state index contributed by atoms with van der Waals surface area (Å²) in [5, 5.41) is 8.64. The first-order valence-corrected chi connectivity index (χ1v) is 9.74. The summed E-state index contributed by atoms with van der Waals surface area (Å²) in [5.74, 6) is -0.527. The van der Waals surface area contributed by atoms with Crippen LogP contribution < -0.4 is 15.2 Å². The third-order valence-corrected chi connectivity index (χ3v) is 4.60. The van der Waals surface area contributed by atoms with Crippen molar-refractivity contribution < 1.29 is 38.4 Å². The van der Waals surface area contributed by atoms with Gasteiger partial charge in [-0.2, -0.15) is 0 Å². The summed E-state index contributed by atoms with van der Waals surface area (Å²) >= 11 is 0. The van der Waals surface area contributed by atoms with Gasteiger partial charge in [0.2, 0.25) is 13.1 Å². The molecule has 0 saturated carbocycles. The summed E-state index contributed by atoms with van der Waals surface area (Å²) in [4.78, 5) is 36.5. The summed E-state index contributed by atoms with van der Waals surface area (Å²) < 4.78 is 20.9. The number of aliphatic carboxylic acids is 1. The summed E-state index contributed by atoms with van der Waals surface area (Å²) in [6.45, 7) is 5.68. The van der Waals surface area contributed by atoms with E-state index in [-0.39, 0.29) is 25.7 Å². The van der Waals surface area contributed by atoms with Crippen LogP contribution in [0, 0.1) is 0 Å². The topological polar surface area (TPSA) is 138 Å². The summed E-state index contributed by atoms with van der Waals surface area (Å²) in [6.07, 6.45) is -1.56. The Kier molecular flexibility index (Phi) is 8.28. The Morgan fingerprint density at radius 3 is 2.57 bits per heavy atom. The number of carbonyl (C=O) groups excluding carboxylic acids is 2. The maximum Gasteiger partial charge on any atom is 0.413 e. The molecule has 0 fully saturated rings. The molecule has 1 heterocycles. The van der Waals surface area contributed by atoms with Crippen LogP contribution in [-0.4, -0.2) is 59.7 Å². The average molecular weight is 424 g/mol. The number of nitrogens with two attached hydrogens (primary N) is 1. The predicted octanol–water partition coefficient (Wildman–Crippen LogP) is 1.89. The van der Waals surface area contributed by atoms with Crippen LogP contribution in [0.5, 0.6) is 11.5 Å². The highest BCUT2D eigenvalue weighted by molar-refractivity contribution is 5.77. The zero-order valence-electron chi connectivity index (χ0n) is 17.3. The molecule has 1 aliphatic heterocycles. The van der Waals surface area contributed by atoms with Gasteiger partial charge in [-0.1, -0.05) is 6.07 Å². The van der Waals surface area contributed by atoms with E-state index in [9.17, 15) is 14.4 Å². The molecule has 0 saturated heterocycles. The van der Waals surface area contributed by atoms with E-state index in [4.69, 9.17) is 29.8 Å². The minimum atomic E-state index is -1.16. The number of esters is 1. The smallest absolute Gasteiger partial charge is 0.413 e. The molecule has 1 aliphatic rings. The number of carboxylic acid groups (broad SMARTS) is 1. The normalized spacial score (nSPS) is 15.1. The molecular formula is C20H28N2O8. The minimum absolute atomic E-state index is 0.0670. The number of rotatable bonds is 10. The first-order chi connectivity index (χ1) is 14.2. The Bertz CT molecular complexity index is 769. The van der Waals surface area contributed by atoms with Crippen LogP contribution in [0.25, 0.3) is 0 Å². The summed E-state index contributed by atoms with van der Waals surface area (Å²) in [7, 11) is 0. The van der Waals surface area contributed by atoms with Gasteiger partial charge in [0.05, 0.1) is 0 Å². The quantitative estimate of drug-likeness (QED) is 0.426. The largest absolute Gasteiger partial charge is 0.481 e. The molecular weight excluding hydrogens is 396 g/mol. The Hall–Kier alpha value is -3.01. The van der Waals surface area contributed by atoms with Gasteiger partial charge in [-0.15, -0.1) is 0 Å². The Morgan fingerprint density at radius 2 is 1.90 bits per heavy atom. The van der Waals surface area contributed by atoms with E-state index in [2.05, 4.69) is 0 Å². The molecule has 2 rings (SSSR count). The van der Waals surface area contributed by atoms with Crippen molar-refractivity contribution in [2.75, 3.05) is 13.3 Å². The van der Waals surface area contributed by atoms with Gasteiger partial charge in [0.15, 0.2) is 11.5 Å². The van der Waals surface area contributed by atoms with Gasteiger partial charge in [0.25, 0.3) is 0 Å². The van der Waals surface area contributed by atoms with Gasteiger partial charge < -0.3 is 34.7 Å². The van der Waals surface area contributed by atoms with Gasteiger partial charge in [-0.05, 0) is 44.4 Å². The lowest BCUT2D eigenvalue weighted by Gasteiger charge is -2.28. The van der Waals surface area contributed by atoms with Crippen LogP contribution in [0.15, 0.2) is 18.2 Å². The van der Waals surface area contributed by atoms with Crippen LogP contribution in [0.1, 0.15) is 39.2 Å². The fraction of sp³-hybridized carbons (Fsp3) is 0.550. The van der Waals surface area contributed by atoms with Crippen LogP contribution >= 0.6 is 0 Å². The van der Waals surface area contributed by atoms with E-state index in [1.165, 1.54) is 11.8 Å². The van der Waals surface area contributed by atoms with Gasteiger partial charge in [-0.3, -0.25) is 9.59 Å². The maximum absolute atomic E-state index is 12.5. The first kappa shape index (κ1) is 23.3. The number of hydrogen-bond acceptors (Lipinski definition) is 8. The molecule has 1 amide bonds. The first-order valence-electron chi connectivity index (χ1n) is 9.74. The second-order valence-electron chi connectivity index (χ2n) is 6.95. The van der Waals surface area contributed by atoms with E-state index >= 15 is 0 Å². The van der Waals surface area contributed by atoms with Crippen molar-refractivity contribution in [1.82, 2.24) is 4.90 Å². The van der Waals surface area contributed by atoms with Crippen molar-refractivity contribution in [3.05, 3.63) is 23.8 Å². The molecule has 10 nitrogen and oxygen atoms in total. The number of carbonyl (C=O) groups is 3. The molecule has 3 atom stereocenters. The third kappa shape index (κ3) is 6.51. The number of likely N-dealkylation sites (N-methyl/N-ethyl adjacent to an activating group) is 1. The molecule has 0 aliphatic carbocycles. The number of amides is 1. The predicted molar refractivity (Wildman–Crippen MR) is 105 cm³/mol. The molecule has 166 valence electrons. The van der Waals surface area contributed by atoms with Gasteiger partial charge in [0.1, 0.15) is 6.04 Å². The lowest BCUT2D eigenvalue weighted by molar-refractivity contribution is -0.168. The van der Waals surface area contributed by atoms with Crippen LogP contribution in [0.4, 0.5) is 4.79 Å². The number of carboxylic acids is 1. The third-order valence-electron chi connectivity index (χ3n) is 4.60. The minimum Gasteiger partial charge on any atom is -0.481 e. The lowest BCUT2D eigenvalue weighted by Crippen LogP contribution is -2.42. The second-order valence-corrected chi connectivity index (χ2v) is 6.95. The fourth-order valence-electron chi connectivity index (χ4n) is 3.02. The Balaban J connectivity index is 1.86. The molecule has 0 radical (unpaired) electrons. The van der Waals surface area contributed by atoms with E-state index in [1.54, 1.807) is 0 Å². The monoisotopic (exact) mass is 424 g/mol. The molecule has 1 aromatic carbocycles. The van der Waals surface area contributed by atoms with Crippen molar-refractivity contribution in [3.8, 4) is 11.5 Å². The van der Waals surface area contributed by atoms with Crippen molar-refractivity contribution in [2.45, 2.75) is 58.4 Å². The molecule has 30 heavy (non-hydrogen) atoms. The van der Waals surface area contributed by atoms with Crippen molar-refractivity contribution in [3.63, 3.8) is 0 Å². The van der Waals surface area contributed by atoms with E-state index in [1.807, 2.05) is 32.0 Å². The van der Waals surface area contributed by atoms with Gasteiger partial charge in [-0.25, -0.2) is 4.79 Å².